The number of carbonyl (C=O) groups is 2. The number of carboxylic acids is 1. The Balaban J connectivity index is 2.11. The highest BCUT2D eigenvalue weighted by atomic mass is 127. The molecule has 2 aromatic heterocycles. The minimum absolute atomic E-state index is 0.230. The van der Waals surface area contributed by atoms with Crippen LogP contribution in [0, 0.1) is 10.6 Å². The van der Waals surface area contributed by atoms with Gasteiger partial charge in [-0.15, -0.1) is 11.3 Å². The maximum Gasteiger partial charge on any atom is 0.347 e. The van der Waals surface area contributed by atoms with Crippen molar-refractivity contribution in [1.82, 2.24) is 20.3 Å². The number of hydrogen-bond donors (Lipinski definition) is 3. The van der Waals surface area contributed by atoms with Crippen molar-refractivity contribution < 1.29 is 19.4 Å². The van der Waals surface area contributed by atoms with Crippen LogP contribution in [-0.2, 0) is 11.2 Å². The molecule has 0 bridgehead atoms. The van der Waals surface area contributed by atoms with Crippen molar-refractivity contribution in [2.24, 2.45) is 0 Å². The van der Waals surface area contributed by atoms with Crippen LogP contribution in [0.1, 0.15) is 63.9 Å². The average molecular weight is 532 g/mol. The summed E-state index contributed by atoms with van der Waals surface area (Å²) in [6, 6.07) is -0.296. The molecule has 0 unspecified atom stereocenters. The highest BCUT2D eigenvalue weighted by Gasteiger charge is 2.25. The molecule has 2 heterocycles. The number of aryl methyl sites for hydroxylation is 2. The summed E-state index contributed by atoms with van der Waals surface area (Å²) in [4.78, 5) is 35.8. The van der Waals surface area contributed by atoms with Gasteiger partial charge in [0, 0.05) is 19.2 Å². The summed E-state index contributed by atoms with van der Waals surface area (Å²) < 4.78 is 6.40. The first-order valence-electron chi connectivity index (χ1n) is 9.16. The molecule has 0 spiro atoms. The molecule has 158 valence electrons. The highest BCUT2D eigenvalue weighted by molar-refractivity contribution is 14.1. The minimum Gasteiger partial charge on any atom is -0.477 e. The van der Waals surface area contributed by atoms with Gasteiger partial charge >= 0.3 is 5.97 Å². The van der Waals surface area contributed by atoms with E-state index in [1.54, 1.807) is 14.0 Å². The molecule has 2 atom stereocenters. The molecule has 3 N–H and O–H groups in total. The van der Waals surface area contributed by atoms with Gasteiger partial charge in [0.05, 0.1) is 17.8 Å². The number of thiazole rings is 1. The Bertz CT molecular complexity index is 921. The second kappa shape index (κ2) is 10.3. The standard InChI is InChI=1S/C19H25IN4O4S/c1-6-11(18-22-10(4)14(29-18)19(26)27)8-13(28-5)9(3)21-17(25)16-23-12(7-2)15(20)24-16/h6,9,13H,7-8H2,1-5H3,(H,21,25)(H,23,24)(H,26,27)/b11-6+/t9-,13+/m1/s1. The first-order chi connectivity index (χ1) is 13.7. The molecule has 0 aliphatic rings. The molecule has 2 rings (SSSR count). The fourth-order valence-corrected chi connectivity index (χ4v) is 4.59. The molecule has 0 saturated heterocycles. The summed E-state index contributed by atoms with van der Waals surface area (Å²) in [7, 11) is 1.58. The molecule has 8 nitrogen and oxygen atoms in total. The van der Waals surface area contributed by atoms with E-state index in [0.717, 1.165) is 32.7 Å². The number of aromatic amines is 1. The van der Waals surface area contributed by atoms with Crippen LogP contribution in [0.4, 0.5) is 0 Å². The number of carbonyl (C=O) groups excluding carboxylic acids is 1. The van der Waals surface area contributed by atoms with Gasteiger partial charge in [0.1, 0.15) is 13.6 Å². The number of H-pyrrole nitrogens is 1. The monoisotopic (exact) mass is 532 g/mol. The number of nitrogens with zero attached hydrogens (tertiary/aromatic N) is 2. The molecule has 10 heteroatoms. The largest absolute Gasteiger partial charge is 0.477 e. The van der Waals surface area contributed by atoms with Crippen molar-refractivity contribution in [2.75, 3.05) is 7.11 Å². The zero-order valence-electron chi connectivity index (χ0n) is 17.0. The summed E-state index contributed by atoms with van der Waals surface area (Å²) >= 11 is 3.25. The molecule has 2 aromatic rings. The molecular weight excluding hydrogens is 507 g/mol. The van der Waals surface area contributed by atoms with Crippen LogP contribution in [0.5, 0.6) is 0 Å². The van der Waals surface area contributed by atoms with E-state index >= 15 is 0 Å². The number of amides is 1. The molecule has 0 aliphatic carbocycles. The van der Waals surface area contributed by atoms with Crippen molar-refractivity contribution in [2.45, 2.75) is 52.7 Å². The van der Waals surface area contributed by atoms with E-state index in [0.29, 0.717) is 17.1 Å². The Morgan fingerprint density at radius 2 is 2.10 bits per heavy atom. The van der Waals surface area contributed by atoms with Crippen LogP contribution in [0.15, 0.2) is 6.08 Å². The number of halogens is 1. The molecule has 0 radical (unpaired) electrons. The Morgan fingerprint density at radius 3 is 2.59 bits per heavy atom. The lowest BCUT2D eigenvalue weighted by molar-refractivity contribution is 0.0668. The highest BCUT2D eigenvalue weighted by Crippen LogP contribution is 2.28. The molecule has 1 amide bonds. The van der Waals surface area contributed by atoms with E-state index in [9.17, 15) is 14.7 Å². The minimum atomic E-state index is -0.981. The Morgan fingerprint density at radius 1 is 1.41 bits per heavy atom. The third-order valence-corrected chi connectivity index (χ3v) is 6.66. The second-order valence-corrected chi connectivity index (χ2v) is 8.52. The number of hydrogen-bond acceptors (Lipinski definition) is 6. The van der Waals surface area contributed by atoms with Gasteiger partial charge in [0.2, 0.25) is 0 Å². The zero-order chi connectivity index (χ0) is 21.7. The number of imidazole rings is 1. The smallest absolute Gasteiger partial charge is 0.347 e. The first kappa shape index (κ1) is 23.5. The van der Waals surface area contributed by atoms with Crippen molar-refractivity contribution in [3.8, 4) is 0 Å². The Kier molecular flexibility index (Phi) is 8.34. The maximum absolute atomic E-state index is 12.6. The van der Waals surface area contributed by atoms with E-state index in [1.165, 1.54) is 0 Å². The van der Waals surface area contributed by atoms with Gasteiger partial charge in [-0.1, -0.05) is 13.0 Å². The maximum atomic E-state index is 12.6. The lowest BCUT2D eigenvalue weighted by atomic mass is 10.0. The van der Waals surface area contributed by atoms with Gasteiger partial charge in [-0.25, -0.2) is 14.8 Å². The molecule has 29 heavy (non-hydrogen) atoms. The predicted octanol–water partition coefficient (Wildman–Crippen LogP) is 3.67. The zero-order valence-corrected chi connectivity index (χ0v) is 20.0. The van der Waals surface area contributed by atoms with E-state index in [-0.39, 0.29) is 28.8 Å². The summed E-state index contributed by atoms with van der Waals surface area (Å²) in [5, 5.41) is 12.8. The summed E-state index contributed by atoms with van der Waals surface area (Å²) in [6.45, 7) is 7.42. The lowest BCUT2D eigenvalue weighted by Gasteiger charge is -2.24. The molecule has 0 fully saturated rings. The van der Waals surface area contributed by atoms with E-state index in [2.05, 4.69) is 42.9 Å². The van der Waals surface area contributed by atoms with Crippen LogP contribution in [0.2, 0.25) is 0 Å². The summed E-state index contributed by atoms with van der Waals surface area (Å²) in [5.41, 5.74) is 2.29. The summed E-state index contributed by atoms with van der Waals surface area (Å²) in [6.07, 6.45) is 2.83. The Labute approximate surface area is 187 Å². The third-order valence-electron chi connectivity index (χ3n) is 4.55. The lowest BCUT2D eigenvalue weighted by Crippen LogP contribution is -2.42. The SMILES string of the molecule is C/C=C(\C[C@H](OC)[C@@H](C)NC(=O)c1nc(I)c(CC)[nH]1)c1nc(C)c(C(=O)O)s1. The third kappa shape index (κ3) is 5.64. The van der Waals surface area contributed by atoms with Crippen molar-refractivity contribution in [1.29, 1.82) is 0 Å². The van der Waals surface area contributed by atoms with Gasteiger partial charge in [0.15, 0.2) is 5.82 Å². The molecule has 0 aromatic carbocycles. The van der Waals surface area contributed by atoms with Gasteiger partial charge in [-0.05, 0) is 55.4 Å². The van der Waals surface area contributed by atoms with Crippen LogP contribution in [0.25, 0.3) is 5.57 Å². The summed E-state index contributed by atoms with van der Waals surface area (Å²) in [5.74, 6) is -0.997. The normalized spacial score (nSPS) is 13.9. The number of aromatic nitrogens is 3. The van der Waals surface area contributed by atoms with Crippen LogP contribution in [0.3, 0.4) is 0 Å². The van der Waals surface area contributed by atoms with Crippen LogP contribution >= 0.6 is 33.9 Å². The van der Waals surface area contributed by atoms with Gasteiger partial charge in [-0.2, -0.15) is 0 Å². The fraction of sp³-hybridized carbons (Fsp3) is 0.474. The average Bonchev–Trinajstić information content (AvgIpc) is 3.25. The second-order valence-electron chi connectivity index (χ2n) is 6.50. The fourth-order valence-electron chi connectivity index (χ4n) is 2.84. The van der Waals surface area contributed by atoms with E-state index in [1.807, 2.05) is 26.8 Å². The van der Waals surface area contributed by atoms with Gasteiger partial charge in [-0.3, -0.25) is 4.79 Å². The number of ether oxygens (including phenoxy) is 1. The first-order valence-corrected chi connectivity index (χ1v) is 11.1. The Hall–Kier alpha value is -1.79. The molecular formula is C19H25IN4O4S. The molecule has 0 saturated carbocycles. The quantitative estimate of drug-likeness (QED) is 0.425. The predicted molar refractivity (Wildman–Crippen MR) is 120 cm³/mol. The molecule has 0 aliphatic heterocycles. The van der Waals surface area contributed by atoms with Crippen molar-refractivity contribution in [3.05, 3.63) is 36.9 Å². The van der Waals surface area contributed by atoms with Crippen molar-refractivity contribution in [3.63, 3.8) is 0 Å². The van der Waals surface area contributed by atoms with E-state index in [4.69, 9.17) is 4.74 Å². The van der Waals surface area contributed by atoms with Crippen LogP contribution < -0.4 is 5.32 Å². The number of allylic oxidation sites excluding steroid dienone is 1. The van der Waals surface area contributed by atoms with Crippen LogP contribution in [-0.4, -0.2) is 51.2 Å². The van der Waals surface area contributed by atoms with Crippen molar-refractivity contribution >= 4 is 51.4 Å². The topological polar surface area (TPSA) is 117 Å². The van der Waals surface area contributed by atoms with Gasteiger partial charge in [0.25, 0.3) is 5.91 Å². The number of carboxylic acid groups (broad SMARTS) is 1. The van der Waals surface area contributed by atoms with Gasteiger partial charge < -0.3 is 20.1 Å². The number of nitrogens with one attached hydrogen (secondary N) is 2. The number of rotatable bonds is 9. The number of methoxy groups -OCH3 is 1. The van der Waals surface area contributed by atoms with E-state index < -0.39 is 5.97 Å². The number of aromatic carboxylic acids is 1.